The first kappa shape index (κ1) is 47.0. The molecule has 0 bridgehead atoms. The first-order valence-electron chi connectivity index (χ1n) is 29.2. The molecule has 392 valence electrons. The van der Waals surface area contributed by atoms with Gasteiger partial charge in [-0.25, -0.2) is 0 Å². The summed E-state index contributed by atoms with van der Waals surface area (Å²) in [5.41, 5.74) is 25.4. The van der Waals surface area contributed by atoms with Crippen molar-refractivity contribution in [3.63, 3.8) is 0 Å². The Bertz CT molecular complexity index is 4750. The number of anilines is 3. The SMILES string of the molecule is c1ccc(C2(c3ccccc3)c3ccccc3-c3c(N(c4ccccc4-c4ccc5c(c4)-c4ccccc4C54c5ccccc5Oc5ccccc54)c4cccc5c4-c4ccccc4C54c5ccccc5Oc5ccccc54)cccc32)cc1. The molecule has 2 heterocycles. The Hall–Kier alpha value is -10.7. The minimum absolute atomic E-state index is 0.585. The van der Waals surface area contributed by atoms with Crippen LogP contribution in [0.4, 0.5) is 17.1 Å². The van der Waals surface area contributed by atoms with Gasteiger partial charge in [0, 0.05) is 38.9 Å². The molecule has 0 saturated carbocycles. The van der Waals surface area contributed by atoms with E-state index in [1.807, 2.05) is 0 Å². The van der Waals surface area contributed by atoms with E-state index < -0.39 is 16.2 Å². The number of rotatable bonds is 6. The molecule has 0 N–H and O–H groups in total. The minimum atomic E-state index is -0.676. The first-order chi connectivity index (χ1) is 41.7. The third-order valence-corrected chi connectivity index (χ3v) is 19.1. The second kappa shape index (κ2) is 17.6. The molecule has 84 heavy (non-hydrogen) atoms. The maximum Gasteiger partial charge on any atom is 0.132 e. The van der Waals surface area contributed by atoms with Crippen LogP contribution < -0.4 is 14.4 Å². The van der Waals surface area contributed by atoms with Crippen molar-refractivity contribution in [2.24, 2.45) is 0 Å². The lowest BCUT2D eigenvalue weighted by atomic mass is 9.66. The summed E-state index contributed by atoms with van der Waals surface area (Å²) in [6, 6.07) is 115. The molecular weight excluding hydrogens is 1020 g/mol. The van der Waals surface area contributed by atoms with Crippen molar-refractivity contribution < 1.29 is 9.47 Å². The highest BCUT2D eigenvalue weighted by atomic mass is 16.5. The average molecular weight is 1070 g/mol. The van der Waals surface area contributed by atoms with Gasteiger partial charge in [-0.3, -0.25) is 0 Å². The van der Waals surface area contributed by atoms with E-state index in [-0.39, 0.29) is 0 Å². The zero-order valence-electron chi connectivity index (χ0n) is 45.7. The Morgan fingerprint density at radius 2 is 0.548 bits per heavy atom. The van der Waals surface area contributed by atoms with Gasteiger partial charge in [0.2, 0.25) is 0 Å². The molecule has 2 aliphatic heterocycles. The maximum absolute atomic E-state index is 6.86. The fraction of sp³-hybridized carbons (Fsp3) is 0.0370. The topological polar surface area (TPSA) is 21.7 Å². The molecular formula is C81H51NO2. The lowest BCUT2D eigenvalue weighted by Gasteiger charge is -2.39. The summed E-state index contributed by atoms with van der Waals surface area (Å²) < 4.78 is 13.6. The van der Waals surface area contributed by atoms with Crippen LogP contribution in [0.1, 0.15) is 66.8 Å². The van der Waals surface area contributed by atoms with Crippen molar-refractivity contribution in [1.82, 2.24) is 0 Å². The van der Waals surface area contributed by atoms with Crippen molar-refractivity contribution >= 4 is 17.1 Å². The highest BCUT2D eigenvalue weighted by molar-refractivity contribution is 6.05. The van der Waals surface area contributed by atoms with E-state index in [9.17, 15) is 0 Å². The largest absolute Gasteiger partial charge is 0.457 e. The predicted molar refractivity (Wildman–Crippen MR) is 339 cm³/mol. The van der Waals surface area contributed by atoms with Crippen molar-refractivity contribution in [3.8, 4) is 67.5 Å². The Balaban J connectivity index is 0.941. The molecule has 0 atom stereocenters. The monoisotopic (exact) mass is 1070 g/mol. The highest BCUT2D eigenvalue weighted by Crippen LogP contribution is 2.67. The van der Waals surface area contributed by atoms with Crippen LogP contribution in [-0.4, -0.2) is 0 Å². The van der Waals surface area contributed by atoms with Crippen LogP contribution in [-0.2, 0) is 16.2 Å². The summed E-state index contributed by atoms with van der Waals surface area (Å²) in [6.07, 6.45) is 0. The average Bonchev–Trinajstić information content (AvgIpc) is 1.55. The smallest absolute Gasteiger partial charge is 0.132 e. The van der Waals surface area contributed by atoms with E-state index >= 15 is 0 Å². The lowest BCUT2D eigenvalue weighted by molar-refractivity contribution is 0.436. The Morgan fingerprint density at radius 1 is 0.214 bits per heavy atom. The van der Waals surface area contributed by atoms with Gasteiger partial charge in [0.25, 0.3) is 0 Å². The molecule has 0 unspecified atom stereocenters. The Morgan fingerprint density at radius 3 is 1.05 bits per heavy atom. The van der Waals surface area contributed by atoms with Gasteiger partial charge in [0.15, 0.2) is 0 Å². The molecule has 2 spiro atoms. The molecule has 13 aromatic rings. The van der Waals surface area contributed by atoms with Gasteiger partial charge in [-0.15, -0.1) is 0 Å². The third-order valence-electron chi connectivity index (χ3n) is 19.1. The zero-order chi connectivity index (χ0) is 55.1. The lowest BCUT2D eigenvalue weighted by Crippen LogP contribution is -2.32. The molecule has 0 saturated heterocycles. The van der Waals surface area contributed by atoms with E-state index in [2.05, 4.69) is 314 Å². The molecule has 3 nitrogen and oxygen atoms in total. The molecule has 3 heteroatoms. The van der Waals surface area contributed by atoms with E-state index in [1.165, 1.54) is 77.9 Å². The van der Waals surface area contributed by atoms with Crippen LogP contribution in [0, 0.1) is 0 Å². The van der Waals surface area contributed by atoms with Crippen molar-refractivity contribution in [2.75, 3.05) is 4.90 Å². The zero-order valence-corrected chi connectivity index (χ0v) is 45.7. The standard InChI is InChI=1S/C81H51NO2/c1-3-25-53(26-4-1)79(54-27-5-2-6-28-54)61-34-12-8-31-57(61)77-68(79)40-23-43-71(77)82(72-44-24-41-69-78(72)58-32-9-13-35-62(58)81(69)66-38-16-21-47-75(66)84-76-48-22-17-39-67(76)81)70-42-18-10-29-55(70)52-49-50-63-59(51-52)56-30-7-11-33-60(56)80(63)64-36-14-19-45-73(64)83-74-46-20-15-37-65(74)80/h1-51H. The number of hydrogen-bond donors (Lipinski definition) is 0. The van der Waals surface area contributed by atoms with Crippen molar-refractivity contribution in [3.05, 3.63) is 376 Å². The molecule has 0 radical (unpaired) electrons. The molecule has 13 aromatic carbocycles. The fourth-order valence-corrected chi connectivity index (χ4v) is 16.1. The van der Waals surface area contributed by atoms with Gasteiger partial charge in [-0.2, -0.15) is 0 Å². The summed E-state index contributed by atoms with van der Waals surface area (Å²) in [6.45, 7) is 0. The first-order valence-corrected chi connectivity index (χ1v) is 29.2. The fourth-order valence-electron chi connectivity index (χ4n) is 16.1. The maximum atomic E-state index is 6.86. The summed E-state index contributed by atoms with van der Waals surface area (Å²) in [5, 5.41) is 0. The van der Waals surface area contributed by atoms with E-state index in [1.54, 1.807) is 0 Å². The van der Waals surface area contributed by atoms with Crippen LogP contribution in [0.5, 0.6) is 23.0 Å². The van der Waals surface area contributed by atoms with E-state index in [4.69, 9.17) is 9.47 Å². The van der Waals surface area contributed by atoms with Crippen LogP contribution in [0.15, 0.2) is 309 Å². The van der Waals surface area contributed by atoms with Gasteiger partial charge in [0.05, 0.1) is 33.3 Å². The van der Waals surface area contributed by atoms with Gasteiger partial charge >= 0.3 is 0 Å². The van der Waals surface area contributed by atoms with Crippen LogP contribution in [0.3, 0.4) is 0 Å². The van der Waals surface area contributed by atoms with Crippen LogP contribution in [0.25, 0.3) is 44.5 Å². The number of para-hydroxylation sites is 5. The molecule has 0 fully saturated rings. The summed E-state index contributed by atoms with van der Waals surface area (Å²) >= 11 is 0. The third kappa shape index (κ3) is 5.99. The number of nitrogens with zero attached hydrogens (tertiary/aromatic N) is 1. The molecule has 3 aliphatic carbocycles. The van der Waals surface area contributed by atoms with Gasteiger partial charge in [0.1, 0.15) is 23.0 Å². The van der Waals surface area contributed by atoms with Crippen LogP contribution >= 0.6 is 0 Å². The quantitative estimate of drug-likeness (QED) is 0.166. The van der Waals surface area contributed by atoms with Crippen LogP contribution in [0.2, 0.25) is 0 Å². The van der Waals surface area contributed by atoms with Crippen molar-refractivity contribution in [2.45, 2.75) is 16.2 Å². The van der Waals surface area contributed by atoms with E-state index in [0.717, 1.165) is 73.4 Å². The number of fused-ring (bicyclic) bond motifs is 21. The Labute approximate surface area is 488 Å². The number of ether oxygens (including phenoxy) is 2. The normalized spacial score (nSPS) is 14.7. The number of hydrogen-bond acceptors (Lipinski definition) is 3. The van der Waals surface area contributed by atoms with Gasteiger partial charge in [-0.05, 0) is 121 Å². The second-order valence-electron chi connectivity index (χ2n) is 22.8. The van der Waals surface area contributed by atoms with Gasteiger partial charge < -0.3 is 14.4 Å². The summed E-state index contributed by atoms with van der Waals surface area (Å²) in [4.78, 5) is 2.62. The molecule has 0 amide bonds. The highest BCUT2D eigenvalue weighted by Gasteiger charge is 2.54. The molecule has 0 aromatic heterocycles. The van der Waals surface area contributed by atoms with E-state index in [0.29, 0.717) is 0 Å². The van der Waals surface area contributed by atoms with Crippen molar-refractivity contribution in [1.29, 1.82) is 0 Å². The predicted octanol–water partition coefficient (Wildman–Crippen LogP) is 20.1. The summed E-state index contributed by atoms with van der Waals surface area (Å²) in [7, 11) is 0. The second-order valence-corrected chi connectivity index (χ2v) is 22.8. The summed E-state index contributed by atoms with van der Waals surface area (Å²) in [5.74, 6) is 3.51. The molecule has 5 aliphatic rings. The van der Waals surface area contributed by atoms with Gasteiger partial charge in [-0.1, -0.05) is 261 Å². The minimum Gasteiger partial charge on any atom is -0.457 e. The molecule has 18 rings (SSSR count). The number of benzene rings is 13. The Kier molecular flexibility index (Phi) is 9.86.